The SMILES string of the molecule is CC12CC3CC(C)(C1)CC(C(=O)Nc1ccc(-c4n[nH]c(CN)n4)cc1)(C3)C2.Cl. The molecule has 1 heterocycles. The first-order chi connectivity index (χ1) is 13.3. The van der Waals surface area contributed by atoms with Crippen LogP contribution in [0.2, 0.25) is 0 Å². The van der Waals surface area contributed by atoms with Crippen LogP contribution in [0, 0.1) is 22.2 Å². The van der Waals surface area contributed by atoms with E-state index >= 15 is 0 Å². The first kappa shape index (κ1) is 20.4. The van der Waals surface area contributed by atoms with Crippen molar-refractivity contribution in [3.63, 3.8) is 0 Å². The van der Waals surface area contributed by atoms with Crippen molar-refractivity contribution in [1.29, 1.82) is 0 Å². The van der Waals surface area contributed by atoms with Gasteiger partial charge in [-0.3, -0.25) is 9.89 Å². The molecular weight excluding hydrogens is 386 g/mol. The Hall–Kier alpha value is -1.92. The second-order valence-corrected chi connectivity index (χ2v) is 10.3. The van der Waals surface area contributed by atoms with Crippen LogP contribution in [0.15, 0.2) is 24.3 Å². The highest BCUT2D eigenvalue weighted by atomic mass is 35.5. The van der Waals surface area contributed by atoms with E-state index in [1.54, 1.807) is 0 Å². The van der Waals surface area contributed by atoms with Crippen LogP contribution in [0.3, 0.4) is 0 Å². The molecule has 4 aliphatic rings. The second kappa shape index (κ2) is 6.81. The van der Waals surface area contributed by atoms with E-state index in [0.717, 1.165) is 30.5 Å². The van der Waals surface area contributed by atoms with Crippen LogP contribution in [0.25, 0.3) is 11.4 Å². The summed E-state index contributed by atoms with van der Waals surface area (Å²) in [6.07, 6.45) is 7.01. The first-order valence-corrected chi connectivity index (χ1v) is 10.3. The van der Waals surface area contributed by atoms with Crippen LogP contribution in [0.4, 0.5) is 5.69 Å². The van der Waals surface area contributed by atoms with E-state index in [9.17, 15) is 4.79 Å². The molecule has 6 rings (SSSR count). The van der Waals surface area contributed by atoms with Crippen LogP contribution in [0.5, 0.6) is 0 Å². The summed E-state index contributed by atoms with van der Waals surface area (Å²) in [5.74, 6) is 2.21. The van der Waals surface area contributed by atoms with Crippen molar-refractivity contribution in [3.8, 4) is 11.4 Å². The van der Waals surface area contributed by atoms with E-state index < -0.39 is 0 Å². The smallest absolute Gasteiger partial charge is 0.230 e. The van der Waals surface area contributed by atoms with Crippen molar-refractivity contribution >= 4 is 24.0 Å². The number of nitrogens with one attached hydrogen (secondary N) is 2. The minimum absolute atomic E-state index is 0. The average Bonchev–Trinajstić information content (AvgIpc) is 3.08. The lowest BCUT2D eigenvalue weighted by Crippen LogP contribution is -2.58. The zero-order chi connectivity index (χ0) is 19.6. The van der Waals surface area contributed by atoms with Crippen molar-refractivity contribution in [1.82, 2.24) is 15.2 Å². The number of hydrogen-bond acceptors (Lipinski definition) is 4. The number of benzene rings is 1. The lowest BCUT2D eigenvalue weighted by molar-refractivity contribution is -0.165. The Balaban J connectivity index is 0.00000205. The first-order valence-electron chi connectivity index (χ1n) is 10.3. The molecule has 4 bridgehead atoms. The summed E-state index contributed by atoms with van der Waals surface area (Å²) in [7, 11) is 0. The lowest BCUT2D eigenvalue weighted by Gasteiger charge is -2.64. The molecule has 156 valence electrons. The van der Waals surface area contributed by atoms with Crippen LogP contribution in [-0.2, 0) is 11.3 Å². The van der Waals surface area contributed by atoms with Gasteiger partial charge in [0.1, 0.15) is 5.82 Å². The molecule has 4 saturated carbocycles. The molecule has 0 aliphatic heterocycles. The number of nitrogens with two attached hydrogens (primary N) is 1. The summed E-state index contributed by atoms with van der Waals surface area (Å²) in [4.78, 5) is 17.7. The molecule has 7 heteroatoms. The maximum absolute atomic E-state index is 13.4. The van der Waals surface area contributed by atoms with Crippen LogP contribution in [0.1, 0.15) is 58.2 Å². The monoisotopic (exact) mass is 415 g/mol. The van der Waals surface area contributed by atoms with Crippen molar-refractivity contribution in [2.45, 2.75) is 58.9 Å². The quantitative estimate of drug-likeness (QED) is 0.693. The topological polar surface area (TPSA) is 96.7 Å². The van der Waals surface area contributed by atoms with Gasteiger partial charge < -0.3 is 11.1 Å². The molecule has 0 radical (unpaired) electrons. The summed E-state index contributed by atoms with van der Waals surface area (Å²) >= 11 is 0. The largest absolute Gasteiger partial charge is 0.326 e. The molecule has 29 heavy (non-hydrogen) atoms. The van der Waals surface area contributed by atoms with E-state index in [0.29, 0.717) is 34.9 Å². The highest BCUT2D eigenvalue weighted by molar-refractivity contribution is 5.96. The number of halogens is 1. The van der Waals surface area contributed by atoms with Gasteiger partial charge in [-0.15, -0.1) is 12.4 Å². The molecule has 2 unspecified atom stereocenters. The van der Waals surface area contributed by atoms with Crippen molar-refractivity contribution < 1.29 is 4.79 Å². The second-order valence-electron chi connectivity index (χ2n) is 10.3. The number of aromatic amines is 1. The van der Waals surface area contributed by atoms with Gasteiger partial charge in [0.2, 0.25) is 5.91 Å². The van der Waals surface area contributed by atoms with Gasteiger partial charge >= 0.3 is 0 Å². The van der Waals surface area contributed by atoms with Gasteiger partial charge in [-0.2, -0.15) is 5.10 Å². The number of hydrogen-bond donors (Lipinski definition) is 3. The standard InChI is InChI=1S/C22H29N5O.ClH/c1-20-7-14-8-21(2,11-20)13-22(9-14,12-20)19(28)24-16-5-3-15(4-6-16)18-25-17(10-23)26-27-18;/h3-6,14H,7-13,23H2,1-2H3,(H,24,28)(H,25,26,27);1H. The van der Waals surface area contributed by atoms with Gasteiger partial charge in [-0.1, -0.05) is 13.8 Å². The summed E-state index contributed by atoms with van der Waals surface area (Å²) in [5, 5.41) is 10.2. The van der Waals surface area contributed by atoms with E-state index in [4.69, 9.17) is 5.73 Å². The van der Waals surface area contributed by atoms with Crippen molar-refractivity contribution in [2.24, 2.45) is 27.9 Å². The van der Waals surface area contributed by atoms with Crippen molar-refractivity contribution in [3.05, 3.63) is 30.1 Å². The highest BCUT2D eigenvalue weighted by Gasteiger charge is 2.62. The van der Waals surface area contributed by atoms with E-state index in [1.807, 2.05) is 24.3 Å². The van der Waals surface area contributed by atoms with E-state index in [1.165, 1.54) is 19.3 Å². The van der Waals surface area contributed by atoms with Gasteiger partial charge in [0.25, 0.3) is 0 Å². The summed E-state index contributed by atoms with van der Waals surface area (Å²) < 4.78 is 0. The third-order valence-corrected chi connectivity index (χ3v) is 7.23. The lowest BCUT2D eigenvalue weighted by atomic mass is 9.40. The Morgan fingerprint density at radius 2 is 1.79 bits per heavy atom. The van der Waals surface area contributed by atoms with E-state index in [-0.39, 0.29) is 23.7 Å². The van der Waals surface area contributed by atoms with E-state index in [2.05, 4.69) is 34.3 Å². The van der Waals surface area contributed by atoms with Gasteiger partial charge in [-0.05, 0) is 79.5 Å². The summed E-state index contributed by atoms with van der Waals surface area (Å²) in [5.41, 5.74) is 7.81. The molecular formula is C22H30ClN5O. The molecule has 1 aromatic carbocycles. The number of rotatable bonds is 4. The van der Waals surface area contributed by atoms with Crippen LogP contribution >= 0.6 is 12.4 Å². The molecule has 4 N–H and O–H groups in total. The normalized spacial score (nSPS) is 34.7. The Morgan fingerprint density at radius 3 is 2.34 bits per heavy atom. The third kappa shape index (κ3) is 3.46. The Labute approximate surface area is 177 Å². The fraction of sp³-hybridized carbons (Fsp3) is 0.591. The predicted molar refractivity (Wildman–Crippen MR) is 115 cm³/mol. The Bertz CT molecular complexity index is 906. The highest BCUT2D eigenvalue weighted by Crippen LogP contribution is 2.69. The number of carbonyl (C=O) groups excluding carboxylic acids is 1. The fourth-order valence-corrected chi connectivity index (χ4v) is 7.18. The van der Waals surface area contributed by atoms with Crippen LogP contribution in [-0.4, -0.2) is 21.1 Å². The molecule has 6 nitrogen and oxygen atoms in total. The number of amides is 1. The van der Waals surface area contributed by atoms with Gasteiger partial charge in [0.05, 0.1) is 12.0 Å². The molecule has 1 aromatic heterocycles. The summed E-state index contributed by atoms with van der Waals surface area (Å²) in [6, 6.07) is 7.77. The molecule has 2 atom stereocenters. The fourth-order valence-electron chi connectivity index (χ4n) is 7.18. The zero-order valence-corrected chi connectivity index (χ0v) is 17.9. The minimum atomic E-state index is -0.193. The number of aromatic nitrogens is 3. The number of H-pyrrole nitrogens is 1. The molecule has 4 fully saturated rings. The molecule has 2 aromatic rings. The molecule has 0 spiro atoms. The number of anilines is 1. The molecule has 1 amide bonds. The number of carbonyl (C=O) groups is 1. The average molecular weight is 416 g/mol. The summed E-state index contributed by atoms with van der Waals surface area (Å²) in [6.45, 7) is 5.14. The maximum atomic E-state index is 13.4. The number of nitrogens with zero attached hydrogens (tertiary/aromatic N) is 2. The molecule has 0 saturated heterocycles. The van der Waals surface area contributed by atoms with Gasteiger partial charge in [0, 0.05) is 11.3 Å². The minimum Gasteiger partial charge on any atom is -0.326 e. The Morgan fingerprint density at radius 1 is 1.14 bits per heavy atom. The predicted octanol–water partition coefficient (Wildman–Crippen LogP) is 4.29. The molecule has 4 aliphatic carbocycles. The van der Waals surface area contributed by atoms with Crippen LogP contribution < -0.4 is 11.1 Å². The van der Waals surface area contributed by atoms with Gasteiger partial charge in [-0.25, -0.2) is 4.98 Å². The third-order valence-electron chi connectivity index (χ3n) is 7.23. The maximum Gasteiger partial charge on any atom is 0.230 e. The van der Waals surface area contributed by atoms with Crippen molar-refractivity contribution in [2.75, 3.05) is 5.32 Å². The Kier molecular flexibility index (Phi) is 4.78. The zero-order valence-electron chi connectivity index (χ0n) is 17.1. The van der Waals surface area contributed by atoms with Gasteiger partial charge in [0.15, 0.2) is 5.82 Å².